The number of amides is 1. The van der Waals surface area contributed by atoms with Crippen LogP contribution in [0.4, 0.5) is 4.79 Å². The molecule has 1 aromatic rings. The SMILES string of the molecule is CC(C)(C)OC(=O)N1C[Si](C)(C)C[C@H]1c1nc2c([nH]1)C1C=CC(Br)=CC1C=C2. The van der Waals surface area contributed by atoms with Gasteiger partial charge < -0.3 is 14.6 Å². The zero-order chi connectivity index (χ0) is 20.3. The third-order valence-electron chi connectivity index (χ3n) is 5.48. The second-order valence-electron chi connectivity index (χ2n) is 9.79. The van der Waals surface area contributed by atoms with Crippen LogP contribution in [0, 0.1) is 5.92 Å². The number of nitrogens with one attached hydrogen (secondary N) is 1. The molecule has 1 N–H and O–H groups in total. The molecule has 2 heterocycles. The molecule has 1 aliphatic heterocycles. The third kappa shape index (κ3) is 3.79. The van der Waals surface area contributed by atoms with Gasteiger partial charge in [0.05, 0.1) is 25.5 Å². The van der Waals surface area contributed by atoms with Gasteiger partial charge in [-0.3, -0.25) is 0 Å². The molecular weight excluding hydrogens is 434 g/mol. The Kier molecular flexibility index (Phi) is 4.73. The van der Waals surface area contributed by atoms with E-state index in [2.05, 4.69) is 64.4 Å². The summed E-state index contributed by atoms with van der Waals surface area (Å²) < 4.78 is 6.81. The smallest absolute Gasteiger partial charge is 0.410 e. The summed E-state index contributed by atoms with van der Waals surface area (Å²) in [6.45, 7) is 10.4. The number of ether oxygens (including phenoxy) is 1. The van der Waals surface area contributed by atoms with Gasteiger partial charge >= 0.3 is 6.09 Å². The summed E-state index contributed by atoms with van der Waals surface area (Å²) >= 11 is 3.57. The van der Waals surface area contributed by atoms with E-state index in [1.165, 1.54) is 0 Å². The zero-order valence-corrected chi connectivity index (χ0v) is 19.7. The maximum atomic E-state index is 12.9. The number of fused-ring (bicyclic) bond motifs is 3. The molecule has 1 aromatic heterocycles. The van der Waals surface area contributed by atoms with Gasteiger partial charge in [0, 0.05) is 22.5 Å². The minimum Gasteiger partial charge on any atom is -0.444 e. The number of carbonyl (C=O) groups is 1. The number of hydrogen-bond acceptors (Lipinski definition) is 3. The Hall–Kier alpha value is -1.60. The summed E-state index contributed by atoms with van der Waals surface area (Å²) in [6, 6.07) is 0.960. The molecule has 3 atom stereocenters. The van der Waals surface area contributed by atoms with Crippen LogP contribution >= 0.6 is 15.9 Å². The number of nitrogens with zero attached hydrogens (tertiary/aromatic N) is 2. The van der Waals surface area contributed by atoms with Gasteiger partial charge in [0.15, 0.2) is 0 Å². The van der Waals surface area contributed by atoms with Crippen LogP contribution in [0.25, 0.3) is 6.08 Å². The van der Waals surface area contributed by atoms with E-state index < -0.39 is 13.7 Å². The normalized spacial score (nSPS) is 28.0. The molecule has 2 unspecified atom stereocenters. The fourth-order valence-corrected chi connectivity index (χ4v) is 7.64. The molecule has 7 heteroatoms. The lowest BCUT2D eigenvalue weighted by Gasteiger charge is -2.28. The van der Waals surface area contributed by atoms with E-state index in [0.29, 0.717) is 5.92 Å². The molecule has 0 aromatic carbocycles. The molecule has 0 radical (unpaired) electrons. The second-order valence-corrected chi connectivity index (χ2v) is 15.8. The Balaban J connectivity index is 1.65. The van der Waals surface area contributed by atoms with Gasteiger partial charge in [-0.2, -0.15) is 0 Å². The summed E-state index contributed by atoms with van der Waals surface area (Å²) in [6.07, 6.45) is 11.4. The van der Waals surface area contributed by atoms with Crippen molar-refractivity contribution in [2.45, 2.75) is 57.5 Å². The van der Waals surface area contributed by atoms with Crippen molar-refractivity contribution in [3.63, 3.8) is 0 Å². The van der Waals surface area contributed by atoms with Gasteiger partial charge in [-0.15, -0.1) is 0 Å². The standard InChI is InChI=1S/C21H28BrN3O2Si/c1-21(2,3)27-20(26)25-12-28(4,5)11-17(25)19-23-16-9-6-13-10-14(22)7-8-15(13)18(16)24-19/h6-10,13,15,17H,11-12H2,1-5H3,(H,23,24)/t13?,15?,17-/m0/s1. The average Bonchev–Trinajstić information content (AvgIpc) is 3.13. The lowest BCUT2D eigenvalue weighted by molar-refractivity contribution is 0.0229. The minimum absolute atomic E-state index is 0.0381. The molecule has 1 fully saturated rings. The number of rotatable bonds is 1. The van der Waals surface area contributed by atoms with Crippen LogP contribution in [-0.2, 0) is 4.74 Å². The zero-order valence-electron chi connectivity index (χ0n) is 17.1. The van der Waals surface area contributed by atoms with Crippen LogP contribution in [0.5, 0.6) is 0 Å². The quantitative estimate of drug-likeness (QED) is 0.559. The first-order chi connectivity index (χ1) is 13.0. The van der Waals surface area contributed by atoms with Gasteiger partial charge in [0.1, 0.15) is 11.4 Å². The van der Waals surface area contributed by atoms with E-state index in [1.807, 2.05) is 25.7 Å². The van der Waals surface area contributed by atoms with Crippen LogP contribution in [0.15, 0.2) is 28.8 Å². The van der Waals surface area contributed by atoms with Crippen LogP contribution in [-0.4, -0.2) is 40.8 Å². The molecule has 3 aliphatic rings. The second kappa shape index (κ2) is 6.73. The summed E-state index contributed by atoms with van der Waals surface area (Å²) in [4.78, 5) is 23.3. The number of carbonyl (C=O) groups excluding carboxylic acids is 1. The molecule has 1 amide bonds. The molecule has 0 bridgehead atoms. The van der Waals surface area contributed by atoms with Crippen molar-refractivity contribution in [1.82, 2.24) is 14.9 Å². The number of aromatic amines is 1. The first-order valence-electron chi connectivity index (χ1n) is 9.86. The fraction of sp³-hybridized carbons (Fsp3) is 0.524. The van der Waals surface area contributed by atoms with Crippen molar-refractivity contribution in [1.29, 1.82) is 0 Å². The Morgan fingerprint density at radius 2 is 2.07 bits per heavy atom. The maximum Gasteiger partial charge on any atom is 0.410 e. The number of aromatic nitrogens is 2. The first-order valence-corrected chi connectivity index (χ1v) is 14.1. The molecule has 0 spiro atoms. The lowest BCUT2D eigenvalue weighted by atomic mass is 9.82. The van der Waals surface area contributed by atoms with E-state index in [4.69, 9.17) is 9.72 Å². The summed E-state index contributed by atoms with van der Waals surface area (Å²) in [7, 11) is -1.53. The van der Waals surface area contributed by atoms with Crippen molar-refractivity contribution >= 4 is 36.2 Å². The van der Waals surface area contributed by atoms with E-state index in [0.717, 1.165) is 33.9 Å². The molecule has 5 nitrogen and oxygen atoms in total. The summed E-state index contributed by atoms with van der Waals surface area (Å²) in [5, 5.41) is 0. The highest BCUT2D eigenvalue weighted by Gasteiger charge is 2.45. The van der Waals surface area contributed by atoms with E-state index in [9.17, 15) is 4.79 Å². The Labute approximate surface area is 176 Å². The van der Waals surface area contributed by atoms with Crippen LogP contribution in [0.1, 0.15) is 49.9 Å². The Morgan fingerprint density at radius 1 is 1.32 bits per heavy atom. The number of imidazole rings is 1. The molecular formula is C21H28BrN3O2Si. The third-order valence-corrected chi connectivity index (χ3v) is 8.70. The summed E-state index contributed by atoms with van der Waals surface area (Å²) in [5.41, 5.74) is 1.63. The maximum absolute atomic E-state index is 12.9. The molecule has 150 valence electrons. The van der Waals surface area contributed by atoms with Crippen LogP contribution in [0.3, 0.4) is 0 Å². The molecule has 28 heavy (non-hydrogen) atoms. The number of hydrogen-bond donors (Lipinski definition) is 1. The Bertz CT molecular complexity index is 894. The highest BCUT2D eigenvalue weighted by Crippen LogP contribution is 2.42. The van der Waals surface area contributed by atoms with Gasteiger partial charge in [-0.05, 0) is 32.9 Å². The monoisotopic (exact) mass is 461 g/mol. The van der Waals surface area contributed by atoms with Crippen molar-refractivity contribution in [2.75, 3.05) is 6.17 Å². The van der Waals surface area contributed by atoms with Gasteiger partial charge in [-0.25, -0.2) is 9.78 Å². The van der Waals surface area contributed by atoms with E-state index in [1.54, 1.807) is 0 Å². The highest BCUT2D eigenvalue weighted by atomic mass is 79.9. The fourth-order valence-electron chi connectivity index (χ4n) is 4.32. The topological polar surface area (TPSA) is 58.2 Å². The minimum atomic E-state index is -1.53. The first kappa shape index (κ1) is 19.7. The molecule has 0 saturated carbocycles. The molecule has 1 saturated heterocycles. The predicted molar refractivity (Wildman–Crippen MR) is 118 cm³/mol. The average molecular weight is 462 g/mol. The van der Waals surface area contributed by atoms with Gasteiger partial charge in [-0.1, -0.05) is 53.3 Å². The van der Waals surface area contributed by atoms with Crippen molar-refractivity contribution in [3.05, 3.63) is 46.0 Å². The van der Waals surface area contributed by atoms with Crippen LogP contribution < -0.4 is 0 Å². The van der Waals surface area contributed by atoms with Crippen molar-refractivity contribution < 1.29 is 9.53 Å². The largest absolute Gasteiger partial charge is 0.444 e. The van der Waals surface area contributed by atoms with Crippen molar-refractivity contribution in [2.24, 2.45) is 5.92 Å². The molecule has 4 rings (SSSR count). The van der Waals surface area contributed by atoms with E-state index in [-0.39, 0.29) is 18.1 Å². The number of H-pyrrole nitrogens is 1. The van der Waals surface area contributed by atoms with Gasteiger partial charge in [0.25, 0.3) is 0 Å². The number of allylic oxidation sites excluding steroid dienone is 5. The highest BCUT2D eigenvalue weighted by molar-refractivity contribution is 9.11. The van der Waals surface area contributed by atoms with Crippen LogP contribution in [0.2, 0.25) is 19.1 Å². The predicted octanol–water partition coefficient (Wildman–Crippen LogP) is 5.52. The lowest BCUT2D eigenvalue weighted by Crippen LogP contribution is -2.39. The van der Waals surface area contributed by atoms with Gasteiger partial charge in [0.2, 0.25) is 0 Å². The van der Waals surface area contributed by atoms with E-state index >= 15 is 0 Å². The number of halogens is 1. The van der Waals surface area contributed by atoms with Crippen molar-refractivity contribution in [3.8, 4) is 0 Å². The Morgan fingerprint density at radius 3 is 2.79 bits per heavy atom. The summed E-state index contributed by atoms with van der Waals surface area (Å²) in [5.74, 6) is 1.49. The molecule has 2 aliphatic carbocycles.